The first kappa shape index (κ1) is 15.9. The number of hydrogen-bond acceptors (Lipinski definition) is 4. The van der Waals surface area contributed by atoms with Crippen LogP contribution in [0.2, 0.25) is 0 Å². The fraction of sp³-hybridized carbons (Fsp3) is 0.211. The van der Waals surface area contributed by atoms with E-state index in [9.17, 15) is 4.79 Å². The number of benzene rings is 2. The second kappa shape index (κ2) is 7.08. The van der Waals surface area contributed by atoms with Crippen molar-refractivity contribution >= 4 is 22.6 Å². The van der Waals surface area contributed by atoms with Crippen LogP contribution in [0.5, 0.6) is 0 Å². The fourth-order valence-corrected chi connectivity index (χ4v) is 2.70. The standard InChI is InChI=1S/C19H20N4O/c1-14(15-8-4-3-5-9-15)22-18(24)12-23(2)19-16-10-6-7-11-17(16)20-13-21-19/h3-11,13-14H,12H2,1-2H3,(H,22,24). The second-order valence-electron chi connectivity index (χ2n) is 5.77. The topological polar surface area (TPSA) is 58.1 Å². The molecule has 122 valence electrons. The van der Waals surface area contributed by atoms with E-state index in [0.717, 1.165) is 22.3 Å². The van der Waals surface area contributed by atoms with Gasteiger partial charge in [0, 0.05) is 12.4 Å². The highest BCUT2D eigenvalue weighted by Crippen LogP contribution is 2.21. The minimum Gasteiger partial charge on any atom is -0.350 e. The first-order valence-corrected chi connectivity index (χ1v) is 7.90. The van der Waals surface area contributed by atoms with Crippen molar-refractivity contribution in [2.45, 2.75) is 13.0 Å². The summed E-state index contributed by atoms with van der Waals surface area (Å²) >= 11 is 0. The van der Waals surface area contributed by atoms with Gasteiger partial charge in [0.15, 0.2) is 0 Å². The monoisotopic (exact) mass is 320 g/mol. The first-order valence-electron chi connectivity index (χ1n) is 7.90. The molecular formula is C19H20N4O. The van der Waals surface area contributed by atoms with E-state index in [0.29, 0.717) is 0 Å². The molecule has 1 aromatic heterocycles. The molecule has 0 saturated carbocycles. The van der Waals surface area contributed by atoms with E-state index in [1.807, 2.05) is 73.5 Å². The molecule has 1 atom stereocenters. The summed E-state index contributed by atoms with van der Waals surface area (Å²) in [6.07, 6.45) is 1.53. The number of nitrogens with one attached hydrogen (secondary N) is 1. The number of likely N-dealkylation sites (N-methyl/N-ethyl adjacent to an activating group) is 1. The lowest BCUT2D eigenvalue weighted by Crippen LogP contribution is -2.36. The Labute approximate surface area is 141 Å². The number of carbonyl (C=O) groups is 1. The summed E-state index contributed by atoms with van der Waals surface area (Å²) in [4.78, 5) is 22.8. The van der Waals surface area contributed by atoms with Gasteiger partial charge in [-0.05, 0) is 24.6 Å². The number of amides is 1. The van der Waals surface area contributed by atoms with Crippen molar-refractivity contribution in [3.8, 4) is 0 Å². The zero-order chi connectivity index (χ0) is 16.9. The highest BCUT2D eigenvalue weighted by molar-refractivity contribution is 5.91. The van der Waals surface area contributed by atoms with Crippen molar-refractivity contribution in [3.63, 3.8) is 0 Å². The van der Waals surface area contributed by atoms with Gasteiger partial charge in [-0.15, -0.1) is 0 Å². The van der Waals surface area contributed by atoms with Crippen LogP contribution in [0.25, 0.3) is 10.9 Å². The van der Waals surface area contributed by atoms with Gasteiger partial charge in [0.05, 0.1) is 18.1 Å². The third kappa shape index (κ3) is 3.51. The molecule has 3 aromatic rings. The van der Waals surface area contributed by atoms with Gasteiger partial charge in [-0.2, -0.15) is 0 Å². The summed E-state index contributed by atoms with van der Waals surface area (Å²) in [7, 11) is 1.86. The lowest BCUT2D eigenvalue weighted by Gasteiger charge is -2.21. The maximum atomic E-state index is 12.4. The van der Waals surface area contributed by atoms with Gasteiger partial charge in [0.1, 0.15) is 12.1 Å². The smallest absolute Gasteiger partial charge is 0.240 e. The predicted molar refractivity (Wildman–Crippen MR) is 95.8 cm³/mol. The molecule has 0 aliphatic rings. The fourth-order valence-electron chi connectivity index (χ4n) is 2.70. The van der Waals surface area contributed by atoms with Crippen molar-refractivity contribution in [2.75, 3.05) is 18.5 Å². The van der Waals surface area contributed by atoms with Crippen molar-refractivity contribution in [3.05, 3.63) is 66.5 Å². The lowest BCUT2D eigenvalue weighted by molar-refractivity contribution is -0.120. The quantitative estimate of drug-likeness (QED) is 0.785. The summed E-state index contributed by atoms with van der Waals surface area (Å²) in [5.74, 6) is 0.708. The molecule has 0 fully saturated rings. The summed E-state index contributed by atoms with van der Waals surface area (Å²) in [6, 6.07) is 17.7. The minimum absolute atomic E-state index is 0.0331. The maximum absolute atomic E-state index is 12.4. The van der Waals surface area contributed by atoms with Crippen LogP contribution >= 0.6 is 0 Å². The number of nitrogens with zero attached hydrogens (tertiary/aromatic N) is 3. The van der Waals surface area contributed by atoms with Crippen molar-refractivity contribution in [2.24, 2.45) is 0 Å². The molecule has 3 rings (SSSR count). The van der Waals surface area contributed by atoms with Crippen LogP contribution in [0.15, 0.2) is 60.9 Å². The van der Waals surface area contributed by atoms with Crippen LogP contribution < -0.4 is 10.2 Å². The van der Waals surface area contributed by atoms with Crippen molar-refractivity contribution in [1.29, 1.82) is 0 Å². The maximum Gasteiger partial charge on any atom is 0.240 e. The molecule has 0 bridgehead atoms. The van der Waals surface area contributed by atoms with Gasteiger partial charge < -0.3 is 10.2 Å². The molecular weight excluding hydrogens is 300 g/mol. The largest absolute Gasteiger partial charge is 0.350 e. The molecule has 1 unspecified atom stereocenters. The number of hydrogen-bond donors (Lipinski definition) is 1. The average Bonchev–Trinajstić information content (AvgIpc) is 2.61. The van der Waals surface area contributed by atoms with E-state index >= 15 is 0 Å². The summed E-state index contributed by atoms with van der Waals surface area (Å²) < 4.78 is 0. The van der Waals surface area contributed by atoms with Crippen LogP contribution in [-0.2, 0) is 4.79 Å². The average molecular weight is 320 g/mol. The van der Waals surface area contributed by atoms with E-state index in [-0.39, 0.29) is 18.5 Å². The van der Waals surface area contributed by atoms with E-state index in [4.69, 9.17) is 0 Å². The number of para-hydroxylation sites is 1. The molecule has 0 spiro atoms. The van der Waals surface area contributed by atoms with Gasteiger partial charge >= 0.3 is 0 Å². The third-order valence-corrected chi connectivity index (χ3v) is 3.94. The van der Waals surface area contributed by atoms with Crippen molar-refractivity contribution < 1.29 is 4.79 Å². The normalized spacial score (nSPS) is 11.9. The van der Waals surface area contributed by atoms with Crippen LogP contribution in [-0.4, -0.2) is 29.5 Å². The summed E-state index contributed by atoms with van der Waals surface area (Å²) in [5.41, 5.74) is 1.95. The molecule has 0 radical (unpaired) electrons. The third-order valence-electron chi connectivity index (χ3n) is 3.94. The highest BCUT2D eigenvalue weighted by Gasteiger charge is 2.14. The zero-order valence-electron chi connectivity index (χ0n) is 13.8. The highest BCUT2D eigenvalue weighted by atomic mass is 16.2. The molecule has 1 N–H and O–H groups in total. The van der Waals surface area contributed by atoms with Crippen molar-refractivity contribution in [1.82, 2.24) is 15.3 Å². The Morgan fingerprint density at radius 1 is 1.08 bits per heavy atom. The Balaban J connectivity index is 1.70. The zero-order valence-corrected chi connectivity index (χ0v) is 13.8. The SMILES string of the molecule is CC(NC(=O)CN(C)c1ncnc2ccccc12)c1ccccc1. The van der Waals surface area contributed by atoms with Crippen LogP contribution in [0.4, 0.5) is 5.82 Å². The van der Waals surface area contributed by atoms with Gasteiger partial charge in [-0.25, -0.2) is 9.97 Å². The van der Waals surface area contributed by atoms with Gasteiger partial charge in [0.2, 0.25) is 5.91 Å². The van der Waals surface area contributed by atoms with Gasteiger partial charge in [-0.3, -0.25) is 4.79 Å². The Morgan fingerprint density at radius 3 is 2.58 bits per heavy atom. The number of aromatic nitrogens is 2. The summed E-state index contributed by atoms with van der Waals surface area (Å²) in [5, 5.41) is 3.96. The first-order chi connectivity index (χ1) is 11.6. The molecule has 1 heterocycles. The van der Waals surface area contributed by atoms with Crippen LogP contribution in [0.3, 0.4) is 0 Å². The number of anilines is 1. The number of carbonyl (C=O) groups excluding carboxylic acids is 1. The Morgan fingerprint density at radius 2 is 1.79 bits per heavy atom. The molecule has 24 heavy (non-hydrogen) atoms. The second-order valence-corrected chi connectivity index (χ2v) is 5.77. The predicted octanol–water partition coefficient (Wildman–Crippen LogP) is 2.94. The molecule has 5 nitrogen and oxygen atoms in total. The Bertz CT molecular complexity index is 830. The van der Waals surface area contributed by atoms with Crippen LogP contribution in [0, 0.1) is 0 Å². The van der Waals surface area contributed by atoms with E-state index in [1.54, 1.807) is 0 Å². The molecule has 5 heteroatoms. The minimum atomic E-state index is -0.0449. The van der Waals surface area contributed by atoms with E-state index in [2.05, 4.69) is 15.3 Å². The Hall–Kier alpha value is -2.95. The van der Waals surface area contributed by atoms with Gasteiger partial charge in [-0.1, -0.05) is 42.5 Å². The van der Waals surface area contributed by atoms with Crippen LogP contribution in [0.1, 0.15) is 18.5 Å². The number of rotatable bonds is 5. The molecule has 0 saturated heterocycles. The number of fused-ring (bicyclic) bond motifs is 1. The van der Waals surface area contributed by atoms with Gasteiger partial charge in [0.25, 0.3) is 0 Å². The molecule has 0 aliphatic carbocycles. The lowest BCUT2D eigenvalue weighted by atomic mass is 10.1. The Kier molecular flexibility index (Phi) is 4.70. The molecule has 1 amide bonds. The van der Waals surface area contributed by atoms with E-state index < -0.39 is 0 Å². The molecule has 0 aliphatic heterocycles. The van der Waals surface area contributed by atoms with E-state index in [1.165, 1.54) is 6.33 Å². The molecule has 2 aromatic carbocycles. The summed E-state index contributed by atoms with van der Waals surface area (Å²) in [6.45, 7) is 2.21.